The average Bonchev–Trinajstić information content (AvgIpc) is 2.68. The molecule has 0 radical (unpaired) electrons. The van der Waals surface area contributed by atoms with Crippen molar-refractivity contribution in [3.8, 4) is 5.75 Å². The molecule has 2 N–H and O–H groups in total. The van der Waals surface area contributed by atoms with Crippen molar-refractivity contribution in [2.75, 3.05) is 24.9 Å². The second-order valence-electron chi connectivity index (χ2n) is 5.09. The lowest BCUT2D eigenvalue weighted by molar-refractivity contribution is -0.114. The van der Waals surface area contributed by atoms with Crippen molar-refractivity contribution in [1.29, 1.82) is 0 Å². The number of rotatable bonds is 5. The number of anilines is 2. The van der Waals surface area contributed by atoms with Crippen molar-refractivity contribution >= 4 is 41.2 Å². The molecule has 0 unspecified atom stereocenters. The lowest BCUT2D eigenvalue weighted by atomic mass is 10.3. The number of hydrogen-bond donors (Lipinski definition) is 2. The molecule has 0 aliphatic heterocycles. The van der Waals surface area contributed by atoms with Gasteiger partial charge >= 0.3 is 12.2 Å². The van der Waals surface area contributed by atoms with Crippen molar-refractivity contribution in [3.63, 3.8) is 0 Å². The Labute approximate surface area is 159 Å². The van der Waals surface area contributed by atoms with E-state index in [0.29, 0.717) is 5.69 Å². The van der Waals surface area contributed by atoms with Crippen molar-refractivity contribution < 1.29 is 28.6 Å². The van der Waals surface area contributed by atoms with E-state index in [0.717, 1.165) is 7.11 Å². The summed E-state index contributed by atoms with van der Waals surface area (Å²) in [6, 6.07) is 10.0. The fourth-order valence-electron chi connectivity index (χ4n) is 1.87. The average molecular weight is 387 g/mol. The number of nitrogens with zero attached hydrogens (tertiary/aromatic N) is 3. The molecule has 0 aliphatic carbocycles. The van der Waals surface area contributed by atoms with Crippen LogP contribution in [0.15, 0.2) is 46.6 Å². The van der Waals surface area contributed by atoms with Crippen molar-refractivity contribution in [3.05, 3.63) is 36.4 Å². The summed E-state index contributed by atoms with van der Waals surface area (Å²) in [5.41, 5.74) is 0.579. The van der Waals surface area contributed by atoms with Gasteiger partial charge < -0.3 is 19.5 Å². The van der Waals surface area contributed by atoms with E-state index >= 15 is 0 Å². The maximum atomic E-state index is 11.6. The molecule has 0 saturated carbocycles. The highest BCUT2D eigenvalue weighted by Gasteiger charge is 2.19. The van der Waals surface area contributed by atoms with Gasteiger partial charge in [-0.3, -0.25) is 10.1 Å². The third-order valence-electron chi connectivity index (χ3n) is 3.06. The van der Waals surface area contributed by atoms with Crippen LogP contribution in [-0.2, 0) is 14.3 Å². The predicted octanol–water partition coefficient (Wildman–Crippen LogP) is 3.78. The molecule has 0 bridgehead atoms. The van der Waals surface area contributed by atoms with Gasteiger partial charge in [0.05, 0.1) is 19.9 Å². The van der Waals surface area contributed by atoms with E-state index in [4.69, 9.17) is 4.74 Å². The molecule has 0 fully saturated rings. The highest BCUT2D eigenvalue weighted by molar-refractivity contribution is 5.93. The first-order valence-electron chi connectivity index (χ1n) is 7.83. The summed E-state index contributed by atoms with van der Waals surface area (Å²) in [7, 11) is 2.29. The summed E-state index contributed by atoms with van der Waals surface area (Å²) >= 11 is 0. The molecule has 2 aromatic rings. The maximum absolute atomic E-state index is 11.6. The van der Waals surface area contributed by atoms with Gasteiger partial charge in [-0.15, -0.1) is 5.11 Å². The Kier molecular flexibility index (Phi) is 6.97. The van der Waals surface area contributed by atoms with Crippen molar-refractivity contribution in [2.24, 2.45) is 10.2 Å². The van der Waals surface area contributed by atoms with Crippen LogP contribution in [0.3, 0.4) is 0 Å². The summed E-state index contributed by atoms with van der Waals surface area (Å²) in [5.74, 6) is -0.847. The van der Waals surface area contributed by atoms with Crippen LogP contribution in [0.4, 0.5) is 32.6 Å². The number of methoxy groups -OCH3 is 2. The number of carbonyl (C=O) groups excluding carboxylic acids is 3. The van der Waals surface area contributed by atoms with Crippen LogP contribution >= 0.6 is 0 Å². The molecule has 11 heteroatoms. The lowest BCUT2D eigenvalue weighted by Gasteiger charge is -2.13. The van der Waals surface area contributed by atoms with Gasteiger partial charge in [-0.1, -0.05) is 18.2 Å². The number of benzene rings is 1. The van der Waals surface area contributed by atoms with Gasteiger partial charge in [0.15, 0.2) is 17.4 Å². The molecule has 1 aromatic heterocycles. The molecule has 11 nitrogen and oxygen atoms in total. The minimum absolute atomic E-state index is 0.0438. The molecule has 28 heavy (non-hydrogen) atoms. The molecular weight excluding hydrogens is 370 g/mol. The quantitative estimate of drug-likeness (QED) is 0.587. The lowest BCUT2D eigenvalue weighted by Crippen LogP contribution is -2.16. The van der Waals surface area contributed by atoms with Crippen LogP contribution in [0.25, 0.3) is 0 Å². The SMILES string of the molecule is COC(=O)Nc1nc(NC(C)=O)c(OC(=O)OC)cc1/N=N/c1ccccc1. The van der Waals surface area contributed by atoms with Gasteiger partial charge in [-0.25, -0.2) is 14.6 Å². The number of hydrogen-bond acceptors (Lipinski definition) is 9. The predicted molar refractivity (Wildman–Crippen MR) is 98.2 cm³/mol. The highest BCUT2D eigenvalue weighted by Crippen LogP contribution is 2.35. The van der Waals surface area contributed by atoms with Gasteiger partial charge in [-0.2, -0.15) is 5.11 Å². The normalized spacial score (nSPS) is 10.2. The summed E-state index contributed by atoms with van der Waals surface area (Å²) < 4.78 is 14.0. The second-order valence-corrected chi connectivity index (χ2v) is 5.09. The minimum atomic E-state index is -1.03. The number of pyridine rings is 1. The summed E-state index contributed by atoms with van der Waals surface area (Å²) in [4.78, 5) is 38.6. The molecule has 0 atom stereocenters. The van der Waals surface area contributed by atoms with Crippen LogP contribution < -0.4 is 15.4 Å². The largest absolute Gasteiger partial charge is 0.513 e. The molecule has 2 rings (SSSR count). The Balaban J connectivity index is 2.52. The summed E-state index contributed by atoms with van der Waals surface area (Å²) in [5, 5.41) is 12.8. The molecule has 0 spiro atoms. The highest BCUT2D eigenvalue weighted by atomic mass is 16.7. The number of amides is 2. The Morgan fingerprint density at radius 3 is 2.29 bits per heavy atom. The van der Waals surface area contributed by atoms with Gasteiger partial charge in [0.25, 0.3) is 0 Å². The fraction of sp³-hybridized carbons (Fsp3) is 0.176. The molecule has 146 valence electrons. The first kappa shape index (κ1) is 20.3. The van der Waals surface area contributed by atoms with Crippen LogP contribution in [0.5, 0.6) is 5.75 Å². The molecule has 1 heterocycles. The Hall–Kier alpha value is -4.02. The van der Waals surface area contributed by atoms with Crippen LogP contribution in [-0.4, -0.2) is 37.4 Å². The monoisotopic (exact) mass is 387 g/mol. The van der Waals surface area contributed by atoms with Gasteiger partial charge in [0, 0.05) is 13.0 Å². The number of carbonyl (C=O) groups is 3. The molecular formula is C17H17N5O6. The number of ether oxygens (including phenoxy) is 3. The van der Waals surface area contributed by atoms with Crippen molar-refractivity contribution in [2.45, 2.75) is 6.92 Å². The zero-order chi connectivity index (χ0) is 20.5. The van der Waals surface area contributed by atoms with E-state index in [1.165, 1.54) is 20.1 Å². The Bertz CT molecular complexity index is 900. The second kappa shape index (κ2) is 9.62. The molecule has 0 aliphatic rings. The molecule has 2 amide bonds. The van der Waals surface area contributed by atoms with E-state index in [2.05, 4.69) is 35.3 Å². The van der Waals surface area contributed by atoms with E-state index in [1.54, 1.807) is 24.3 Å². The topological polar surface area (TPSA) is 141 Å². The van der Waals surface area contributed by atoms with Gasteiger partial charge in [0.1, 0.15) is 5.69 Å². The number of nitrogens with one attached hydrogen (secondary N) is 2. The first-order chi connectivity index (χ1) is 13.4. The number of aromatic nitrogens is 1. The molecule has 1 aromatic carbocycles. The third kappa shape index (κ3) is 5.76. The van der Waals surface area contributed by atoms with Crippen LogP contribution in [0, 0.1) is 0 Å². The Morgan fingerprint density at radius 2 is 1.68 bits per heavy atom. The first-order valence-corrected chi connectivity index (χ1v) is 7.83. The van der Waals surface area contributed by atoms with Crippen molar-refractivity contribution in [1.82, 2.24) is 4.98 Å². The zero-order valence-electron chi connectivity index (χ0n) is 15.3. The van der Waals surface area contributed by atoms with Gasteiger partial charge in [-0.05, 0) is 12.1 Å². The maximum Gasteiger partial charge on any atom is 0.513 e. The van der Waals surface area contributed by atoms with E-state index < -0.39 is 18.2 Å². The summed E-state index contributed by atoms with van der Waals surface area (Å²) in [6.45, 7) is 1.24. The van der Waals surface area contributed by atoms with E-state index in [-0.39, 0.29) is 23.1 Å². The Morgan fingerprint density at radius 1 is 0.964 bits per heavy atom. The fourth-order valence-corrected chi connectivity index (χ4v) is 1.87. The van der Waals surface area contributed by atoms with Crippen LogP contribution in [0.2, 0.25) is 0 Å². The summed E-state index contributed by atoms with van der Waals surface area (Å²) in [6.07, 6.45) is -1.85. The zero-order valence-corrected chi connectivity index (χ0v) is 15.3. The van der Waals surface area contributed by atoms with E-state index in [9.17, 15) is 14.4 Å². The minimum Gasteiger partial charge on any atom is -0.453 e. The molecule has 0 saturated heterocycles. The third-order valence-corrected chi connectivity index (χ3v) is 3.06. The number of azo groups is 1. The van der Waals surface area contributed by atoms with E-state index in [1.807, 2.05) is 6.07 Å². The standard InChI is InChI=1S/C17H17N5O6/c1-10(23)18-15-13(28-17(25)27-3)9-12(14(19-15)20-16(24)26-2)22-21-11-7-5-4-6-8-11/h4-9H,1-3H3,(H2,18,19,20,23,24)/b22-21+. The van der Waals surface area contributed by atoms with Gasteiger partial charge in [0.2, 0.25) is 5.91 Å². The smallest absolute Gasteiger partial charge is 0.453 e. The van der Waals surface area contributed by atoms with Crippen LogP contribution in [0.1, 0.15) is 6.92 Å².